The van der Waals surface area contributed by atoms with Crippen LogP contribution < -0.4 is 22.9 Å². The van der Waals surface area contributed by atoms with Crippen molar-refractivity contribution >= 4 is 23.6 Å². The Balaban J connectivity index is 6.39. The molecule has 0 aliphatic rings. The Bertz CT molecular complexity index is 570. The summed E-state index contributed by atoms with van der Waals surface area (Å²) < 4.78 is 0. The molecule has 11 nitrogen and oxygen atoms in total. The van der Waals surface area contributed by atoms with Crippen molar-refractivity contribution in [2.24, 2.45) is 28.9 Å². The number of ketones is 1. The highest BCUT2D eigenvalue weighted by molar-refractivity contribution is 6.17. The maximum Gasteiger partial charge on any atom is 0.338 e. The van der Waals surface area contributed by atoms with Gasteiger partial charge in [-0.3, -0.25) is 19.3 Å². The summed E-state index contributed by atoms with van der Waals surface area (Å²) >= 11 is 0. The molecule has 3 atom stereocenters. The molecule has 3 unspecified atom stereocenters. The first-order valence-corrected chi connectivity index (χ1v) is 9.17. The molecule has 0 spiro atoms. The number of rotatable bonds is 13. The van der Waals surface area contributed by atoms with Gasteiger partial charge < -0.3 is 33.1 Å². The predicted molar refractivity (Wildman–Crippen MR) is 102 cm³/mol. The lowest BCUT2D eigenvalue weighted by Gasteiger charge is -2.41. The Labute approximate surface area is 164 Å². The summed E-state index contributed by atoms with van der Waals surface area (Å²) in [5.41, 5.74) is 19.6. The van der Waals surface area contributed by atoms with Crippen molar-refractivity contribution in [3.8, 4) is 0 Å². The molecule has 0 aromatic heterocycles. The molecule has 0 saturated heterocycles. The molecule has 10 N–H and O–H groups in total. The van der Waals surface area contributed by atoms with E-state index >= 15 is 0 Å². The van der Waals surface area contributed by atoms with Crippen LogP contribution in [0.1, 0.15) is 39.5 Å². The number of carbonyl (C=O) groups excluding carboxylic acids is 3. The van der Waals surface area contributed by atoms with E-state index in [1.165, 1.54) is 0 Å². The number of aliphatic hydroxyl groups is 1. The fourth-order valence-corrected chi connectivity index (χ4v) is 2.98. The molecule has 0 fully saturated rings. The van der Waals surface area contributed by atoms with E-state index in [-0.39, 0.29) is 6.42 Å². The lowest BCUT2D eigenvalue weighted by molar-refractivity contribution is -0.173. The van der Waals surface area contributed by atoms with Crippen LogP contribution in [0.3, 0.4) is 0 Å². The van der Waals surface area contributed by atoms with E-state index in [4.69, 9.17) is 22.9 Å². The molecule has 0 aromatic carbocycles. The number of carbonyl (C=O) groups is 4. The van der Waals surface area contributed by atoms with Crippen LogP contribution in [0.4, 0.5) is 0 Å². The summed E-state index contributed by atoms with van der Waals surface area (Å²) in [6.07, 6.45) is 0.794. The molecule has 0 aromatic rings. The highest BCUT2D eigenvalue weighted by atomic mass is 16.4. The first-order valence-electron chi connectivity index (χ1n) is 9.17. The summed E-state index contributed by atoms with van der Waals surface area (Å²) in [6.45, 7) is 2.05. The fraction of sp³-hybridized carbons (Fsp3) is 0.765. The summed E-state index contributed by atoms with van der Waals surface area (Å²) in [5.74, 6) is -5.42. The molecule has 0 saturated carbocycles. The van der Waals surface area contributed by atoms with Crippen molar-refractivity contribution in [2.75, 3.05) is 19.7 Å². The largest absolute Gasteiger partial charge is 0.479 e. The van der Waals surface area contributed by atoms with Gasteiger partial charge in [-0.2, -0.15) is 0 Å². The topological polar surface area (TPSA) is 216 Å². The van der Waals surface area contributed by atoms with E-state index in [0.29, 0.717) is 24.3 Å². The zero-order valence-electron chi connectivity index (χ0n) is 16.5. The van der Waals surface area contributed by atoms with Crippen LogP contribution in [-0.4, -0.2) is 76.0 Å². The van der Waals surface area contributed by atoms with Crippen molar-refractivity contribution in [1.82, 2.24) is 4.90 Å². The van der Waals surface area contributed by atoms with Gasteiger partial charge in [0.05, 0.1) is 25.2 Å². The number of Topliss-reactive ketones (excluding diaryl/α,β-unsaturated/α-hetero) is 1. The van der Waals surface area contributed by atoms with Crippen molar-refractivity contribution in [2.45, 2.75) is 57.2 Å². The number of hydrogen-bond acceptors (Lipinski definition) is 9. The molecule has 0 radical (unpaired) electrons. The van der Waals surface area contributed by atoms with E-state index in [1.807, 2.05) is 0 Å². The van der Waals surface area contributed by atoms with Gasteiger partial charge in [0.1, 0.15) is 0 Å². The number of unbranched alkanes of at least 4 members (excludes halogenated alkanes) is 1. The van der Waals surface area contributed by atoms with Crippen molar-refractivity contribution in [1.29, 1.82) is 0 Å². The second-order valence-electron chi connectivity index (χ2n) is 7.08. The average molecular weight is 403 g/mol. The average Bonchev–Trinajstić information content (AvgIpc) is 2.64. The van der Waals surface area contributed by atoms with E-state index in [1.54, 1.807) is 13.8 Å². The molecular weight excluding hydrogens is 370 g/mol. The van der Waals surface area contributed by atoms with Crippen LogP contribution >= 0.6 is 0 Å². The molecular formula is C17H33N5O6. The minimum atomic E-state index is -2.62. The van der Waals surface area contributed by atoms with Crippen LogP contribution in [0, 0.1) is 5.92 Å². The minimum absolute atomic E-state index is 0.141. The number of carboxylic acid groups (broad SMARTS) is 1. The van der Waals surface area contributed by atoms with Gasteiger partial charge in [-0.25, -0.2) is 4.79 Å². The molecule has 2 amide bonds. The van der Waals surface area contributed by atoms with Crippen molar-refractivity contribution < 1.29 is 29.4 Å². The Hall–Kier alpha value is -1.92. The number of amides is 2. The fourth-order valence-electron chi connectivity index (χ4n) is 2.98. The summed E-state index contributed by atoms with van der Waals surface area (Å²) in [4.78, 5) is 51.0. The SMILES string of the molecule is CC(C)CC(C(=O)O)(C(=O)C(N)CO)N(C(=O)CN)C(=O)C(N)CCCCN. The normalized spacial score (nSPS) is 15.6. The van der Waals surface area contributed by atoms with Gasteiger partial charge in [0.25, 0.3) is 0 Å². The highest BCUT2D eigenvalue weighted by Gasteiger charge is 2.57. The first kappa shape index (κ1) is 26.1. The molecule has 0 aliphatic carbocycles. The smallest absolute Gasteiger partial charge is 0.338 e. The van der Waals surface area contributed by atoms with Gasteiger partial charge in [0.2, 0.25) is 17.4 Å². The van der Waals surface area contributed by atoms with Gasteiger partial charge >= 0.3 is 5.97 Å². The Kier molecular flexibility index (Phi) is 11.0. The number of aliphatic hydroxyl groups excluding tert-OH is 1. The van der Waals surface area contributed by atoms with Crippen molar-refractivity contribution in [3.05, 3.63) is 0 Å². The number of nitrogens with zero attached hydrogens (tertiary/aromatic N) is 1. The third kappa shape index (κ3) is 6.04. The molecule has 0 heterocycles. The number of hydrogen-bond donors (Lipinski definition) is 6. The summed E-state index contributed by atoms with van der Waals surface area (Å²) in [6, 6.07) is -2.84. The molecule has 28 heavy (non-hydrogen) atoms. The molecule has 11 heteroatoms. The third-order valence-corrected chi connectivity index (χ3v) is 4.31. The predicted octanol–water partition coefficient (Wildman–Crippen LogP) is -2.49. The summed E-state index contributed by atoms with van der Waals surface area (Å²) in [5, 5.41) is 19.2. The number of imide groups is 1. The number of nitrogens with two attached hydrogens (primary N) is 4. The van der Waals surface area contributed by atoms with E-state index in [9.17, 15) is 29.4 Å². The Morgan fingerprint density at radius 2 is 1.61 bits per heavy atom. The lowest BCUT2D eigenvalue weighted by Crippen LogP contribution is -2.70. The van der Waals surface area contributed by atoms with Crippen LogP contribution in [0.2, 0.25) is 0 Å². The number of carboxylic acids is 1. The third-order valence-electron chi connectivity index (χ3n) is 4.31. The summed E-state index contributed by atoms with van der Waals surface area (Å²) in [7, 11) is 0. The molecule has 0 aliphatic heterocycles. The van der Waals surface area contributed by atoms with Gasteiger partial charge in [-0.05, 0) is 31.7 Å². The maximum absolute atomic E-state index is 13.0. The van der Waals surface area contributed by atoms with Crippen LogP contribution in [0.15, 0.2) is 0 Å². The quantitative estimate of drug-likeness (QED) is 0.140. The van der Waals surface area contributed by atoms with Crippen LogP contribution in [0.5, 0.6) is 0 Å². The van der Waals surface area contributed by atoms with E-state index in [2.05, 4.69) is 0 Å². The van der Waals surface area contributed by atoms with E-state index < -0.39 is 66.7 Å². The second kappa shape index (κ2) is 11.8. The number of aliphatic carboxylic acids is 1. The maximum atomic E-state index is 13.0. The Morgan fingerprint density at radius 1 is 1.04 bits per heavy atom. The minimum Gasteiger partial charge on any atom is -0.479 e. The van der Waals surface area contributed by atoms with Gasteiger partial charge in [0.15, 0.2) is 5.78 Å². The van der Waals surface area contributed by atoms with Crippen molar-refractivity contribution in [3.63, 3.8) is 0 Å². The van der Waals surface area contributed by atoms with Gasteiger partial charge in [-0.1, -0.05) is 20.3 Å². The lowest BCUT2D eigenvalue weighted by atomic mass is 9.79. The zero-order valence-corrected chi connectivity index (χ0v) is 16.5. The van der Waals surface area contributed by atoms with Gasteiger partial charge in [0, 0.05) is 0 Å². The zero-order chi connectivity index (χ0) is 22.1. The van der Waals surface area contributed by atoms with Gasteiger partial charge in [-0.15, -0.1) is 0 Å². The van der Waals surface area contributed by atoms with Crippen LogP contribution in [-0.2, 0) is 19.2 Å². The molecule has 162 valence electrons. The first-order chi connectivity index (χ1) is 13.0. The second-order valence-corrected chi connectivity index (χ2v) is 7.08. The van der Waals surface area contributed by atoms with Crippen LogP contribution in [0.25, 0.3) is 0 Å². The molecule has 0 rings (SSSR count). The monoisotopic (exact) mass is 403 g/mol. The van der Waals surface area contributed by atoms with E-state index in [0.717, 1.165) is 0 Å². The standard InChI is InChI=1S/C17H33N5O6/c1-10(2)7-17(16(27)28,14(25)12(21)9-23)22(13(24)8-19)15(26)11(20)5-3-4-6-18/h10-12,23H,3-9,18-21H2,1-2H3,(H,27,28). The molecule has 0 bridgehead atoms. The highest BCUT2D eigenvalue weighted by Crippen LogP contribution is 2.29. The Morgan fingerprint density at radius 3 is 2.00 bits per heavy atom.